The number of anilines is 1. The monoisotopic (exact) mass is 433 g/mol. The summed E-state index contributed by atoms with van der Waals surface area (Å²) in [6, 6.07) is 11.9. The van der Waals surface area contributed by atoms with Gasteiger partial charge in [0.2, 0.25) is 11.0 Å². The van der Waals surface area contributed by atoms with Gasteiger partial charge in [0.05, 0.1) is 20.8 Å². The Balaban J connectivity index is 1.56. The molecule has 0 aliphatic carbocycles. The summed E-state index contributed by atoms with van der Waals surface area (Å²) in [4.78, 5) is 27.4. The molecule has 0 unspecified atom stereocenters. The average Bonchev–Trinajstić information content (AvgIpc) is 3.29. The van der Waals surface area contributed by atoms with E-state index in [-0.39, 0.29) is 11.6 Å². The molecule has 0 aliphatic rings. The highest BCUT2D eigenvalue weighted by atomic mass is 32.1. The second kappa shape index (κ2) is 8.11. The van der Waals surface area contributed by atoms with Crippen LogP contribution >= 0.6 is 11.3 Å². The summed E-state index contributed by atoms with van der Waals surface area (Å²) >= 11 is 1.51. The third-order valence-electron chi connectivity index (χ3n) is 4.79. The highest BCUT2D eigenvalue weighted by Crippen LogP contribution is 2.29. The zero-order chi connectivity index (χ0) is 22.1. The van der Waals surface area contributed by atoms with Crippen LogP contribution in [-0.2, 0) is 4.79 Å². The van der Waals surface area contributed by atoms with Gasteiger partial charge in [0.1, 0.15) is 5.82 Å². The number of aromatic nitrogens is 3. The van der Waals surface area contributed by atoms with E-state index < -0.39 is 4.92 Å². The van der Waals surface area contributed by atoms with Crippen molar-refractivity contribution in [3.8, 4) is 5.13 Å². The second-order valence-electron chi connectivity index (χ2n) is 7.15. The van der Waals surface area contributed by atoms with E-state index in [2.05, 4.69) is 35.3 Å². The van der Waals surface area contributed by atoms with E-state index in [1.54, 1.807) is 29.0 Å². The molecule has 4 aromatic rings. The van der Waals surface area contributed by atoms with Crippen molar-refractivity contribution in [3.05, 3.63) is 81.0 Å². The summed E-state index contributed by atoms with van der Waals surface area (Å²) in [5, 5.41) is 18.7. The minimum atomic E-state index is -0.464. The van der Waals surface area contributed by atoms with Crippen molar-refractivity contribution in [1.82, 2.24) is 14.8 Å². The van der Waals surface area contributed by atoms with E-state index >= 15 is 0 Å². The predicted molar refractivity (Wildman–Crippen MR) is 122 cm³/mol. The molecule has 0 radical (unpaired) electrons. The zero-order valence-corrected chi connectivity index (χ0v) is 17.9. The first-order valence-electron chi connectivity index (χ1n) is 9.48. The topological polar surface area (TPSA) is 103 Å². The maximum Gasteiger partial charge on any atom is 0.269 e. The van der Waals surface area contributed by atoms with Crippen LogP contribution in [0.4, 0.5) is 11.5 Å². The minimum Gasteiger partial charge on any atom is -0.307 e. The molecule has 0 atom stereocenters. The maximum absolute atomic E-state index is 12.5. The number of nitrogens with zero attached hydrogens (tertiary/aromatic N) is 4. The Morgan fingerprint density at radius 2 is 1.84 bits per heavy atom. The lowest BCUT2D eigenvalue weighted by atomic mass is 10.1. The Kier molecular flexibility index (Phi) is 5.35. The summed E-state index contributed by atoms with van der Waals surface area (Å²) in [5.74, 6) is 0.177. The van der Waals surface area contributed by atoms with E-state index in [1.807, 2.05) is 13.0 Å². The molecular formula is C22H19N5O3S. The van der Waals surface area contributed by atoms with E-state index in [1.165, 1.54) is 40.7 Å². The SMILES string of the molecule is Cc1cc(NC(=O)/C=C\c2ccc([N+](=O)[O-])cc2)n(-c2nc3cc(C)c(C)cc3s2)n1. The number of aryl methyl sites for hydroxylation is 3. The van der Waals surface area contributed by atoms with E-state index in [0.717, 1.165) is 15.9 Å². The molecule has 1 N–H and O–H groups in total. The van der Waals surface area contributed by atoms with Crippen molar-refractivity contribution < 1.29 is 9.72 Å². The molecule has 0 spiro atoms. The summed E-state index contributed by atoms with van der Waals surface area (Å²) in [6.45, 7) is 5.96. The molecule has 2 heterocycles. The minimum absolute atomic E-state index is 0.00204. The molecule has 156 valence electrons. The smallest absolute Gasteiger partial charge is 0.269 e. The molecule has 0 fully saturated rings. The second-order valence-corrected chi connectivity index (χ2v) is 8.16. The molecule has 0 saturated carbocycles. The largest absolute Gasteiger partial charge is 0.307 e. The van der Waals surface area contributed by atoms with E-state index in [4.69, 9.17) is 0 Å². The lowest BCUT2D eigenvalue weighted by Gasteiger charge is -2.04. The molecule has 9 heteroatoms. The lowest BCUT2D eigenvalue weighted by Crippen LogP contribution is -2.12. The third kappa shape index (κ3) is 4.36. The number of thiazole rings is 1. The van der Waals surface area contributed by atoms with Gasteiger partial charge in [-0.1, -0.05) is 11.3 Å². The highest BCUT2D eigenvalue weighted by Gasteiger charge is 2.14. The first-order valence-corrected chi connectivity index (χ1v) is 10.3. The molecule has 1 amide bonds. The van der Waals surface area contributed by atoms with E-state index in [9.17, 15) is 14.9 Å². The number of nitrogens with one attached hydrogen (secondary N) is 1. The fourth-order valence-corrected chi connectivity index (χ4v) is 4.05. The Morgan fingerprint density at radius 1 is 1.13 bits per heavy atom. The van der Waals surface area contributed by atoms with Crippen LogP contribution in [0.1, 0.15) is 22.4 Å². The Hall–Kier alpha value is -3.85. The number of amides is 1. The molecule has 0 saturated heterocycles. The molecule has 0 aliphatic heterocycles. The number of rotatable bonds is 5. The van der Waals surface area contributed by atoms with Crippen LogP contribution in [0.3, 0.4) is 0 Å². The van der Waals surface area contributed by atoms with Gasteiger partial charge in [0, 0.05) is 24.3 Å². The van der Waals surface area contributed by atoms with Crippen LogP contribution in [0.5, 0.6) is 0 Å². The number of hydrogen-bond donors (Lipinski definition) is 1. The van der Waals surface area contributed by atoms with Crippen LogP contribution < -0.4 is 5.32 Å². The molecular weight excluding hydrogens is 414 g/mol. The van der Waals surface area contributed by atoms with Crippen molar-refractivity contribution in [2.75, 3.05) is 5.32 Å². The fourth-order valence-electron chi connectivity index (χ4n) is 3.04. The molecule has 2 aromatic heterocycles. The molecule has 2 aromatic carbocycles. The van der Waals surface area contributed by atoms with Crippen molar-refractivity contribution in [1.29, 1.82) is 0 Å². The van der Waals surface area contributed by atoms with E-state index in [0.29, 0.717) is 16.5 Å². The van der Waals surface area contributed by atoms with Gasteiger partial charge in [0.25, 0.3) is 5.69 Å². The number of fused-ring (bicyclic) bond motifs is 1. The molecule has 0 bridgehead atoms. The van der Waals surface area contributed by atoms with Crippen LogP contribution in [0, 0.1) is 30.9 Å². The standard InChI is InChI=1S/C22H19N5O3S/c1-13-10-18-19(11-14(13)2)31-22(23-18)26-20(12-15(3)25-26)24-21(28)9-6-16-4-7-17(8-5-16)27(29)30/h4-12H,1-3H3,(H,24,28)/b9-6-. The average molecular weight is 433 g/mol. The number of carbonyl (C=O) groups excluding carboxylic acids is 1. The van der Waals surface area contributed by atoms with Gasteiger partial charge in [-0.3, -0.25) is 14.9 Å². The van der Waals surface area contributed by atoms with Gasteiger partial charge < -0.3 is 5.32 Å². The fraction of sp³-hybridized carbons (Fsp3) is 0.136. The van der Waals surface area contributed by atoms with Gasteiger partial charge in [-0.15, -0.1) is 0 Å². The summed E-state index contributed by atoms with van der Waals surface area (Å²) < 4.78 is 2.68. The summed E-state index contributed by atoms with van der Waals surface area (Å²) in [5.41, 5.74) is 4.70. The number of benzene rings is 2. The van der Waals surface area contributed by atoms with Gasteiger partial charge in [0.15, 0.2) is 0 Å². The Morgan fingerprint density at radius 3 is 2.55 bits per heavy atom. The van der Waals surface area contributed by atoms with Crippen LogP contribution in [0.25, 0.3) is 21.4 Å². The zero-order valence-electron chi connectivity index (χ0n) is 17.1. The first kappa shape index (κ1) is 20.4. The summed E-state index contributed by atoms with van der Waals surface area (Å²) in [6.07, 6.45) is 2.97. The van der Waals surface area contributed by atoms with Crippen LogP contribution in [-0.4, -0.2) is 25.6 Å². The van der Waals surface area contributed by atoms with Crippen molar-refractivity contribution in [3.63, 3.8) is 0 Å². The quantitative estimate of drug-likeness (QED) is 0.272. The molecule has 31 heavy (non-hydrogen) atoms. The molecule has 4 rings (SSSR count). The number of non-ortho nitro benzene ring substituents is 1. The third-order valence-corrected chi connectivity index (χ3v) is 5.78. The number of nitro groups is 1. The van der Waals surface area contributed by atoms with Gasteiger partial charge in [-0.25, -0.2) is 4.98 Å². The van der Waals surface area contributed by atoms with Crippen molar-refractivity contribution in [2.45, 2.75) is 20.8 Å². The van der Waals surface area contributed by atoms with Gasteiger partial charge in [-0.2, -0.15) is 9.78 Å². The normalized spacial score (nSPS) is 11.3. The van der Waals surface area contributed by atoms with Gasteiger partial charge >= 0.3 is 0 Å². The van der Waals surface area contributed by atoms with Crippen LogP contribution in [0.2, 0.25) is 0 Å². The molecule has 8 nitrogen and oxygen atoms in total. The maximum atomic E-state index is 12.5. The number of hydrogen-bond acceptors (Lipinski definition) is 6. The number of carbonyl (C=O) groups is 1. The van der Waals surface area contributed by atoms with Crippen molar-refractivity contribution in [2.24, 2.45) is 0 Å². The Bertz CT molecular complexity index is 1300. The highest BCUT2D eigenvalue weighted by molar-refractivity contribution is 7.20. The summed E-state index contributed by atoms with van der Waals surface area (Å²) in [7, 11) is 0. The predicted octanol–water partition coefficient (Wildman–Crippen LogP) is 4.97. The van der Waals surface area contributed by atoms with Gasteiger partial charge in [-0.05, 0) is 67.8 Å². The first-order chi connectivity index (χ1) is 14.8. The number of nitro benzene ring substituents is 1. The van der Waals surface area contributed by atoms with Crippen LogP contribution in [0.15, 0.2) is 48.5 Å². The van der Waals surface area contributed by atoms with Crippen molar-refractivity contribution >= 4 is 45.0 Å². The Labute approximate surface area is 182 Å². The lowest BCUT2D eigenvalue weighted by molar-refractivity contribution is -0.384.